The molecule has 0 spiro atoms. The van der Waals surface area contributed by atoms with Crippen LogP contribution in [0, 0.1) is 31.8 Å². The molecule has 0 atom stereocenters. The summed E-state index contributed by atoms with van der Waals surface area (Å²) >= 11 is 0. The first-order valence-electron chi connectivity index (χ1n) is 14.8. The normalized spacial score (nSPS) is 13.1. The van der Waals surface area contributed by atoms with Gasteiger partial charge in [-0.25, -0.2) is 9.84 Å². The standard InChI is InChI=1S/C39H28N6O2/c1-24-14-10-12-20-28(24)38(46)44-36-30(23-40)33(26-16-6-4-7-17-26)31(42-36)22-32-34(27-18-8-5-9-19-27)35(41-3)37(43-32)45-39(47)29-21-13-11-15-25(29)2/h4-22,43H,1-2H3,(H,45,47)(H,42,44,46). The van der Waals surface area contributed by atoms with Gasteiger partial charge < -0.3 is 15.6 Å². The van der Waals surface area contributed by atoms with Crippen molar-refractivity contribution in [3.63, 3.8) is 0 Å². The average Bonchev–Trinajstić information content (AvgIpc) is 3.61. The Kier molecular flexibility index (Phi) is 8.42. The number of anilines is 1. The van der Waals surface area contributed by atoms with E-state index in [2.05, 4.69) is 26.5 Å². The molecular formula is C39H28N6O2. The number of allylic oxidation sites excluding steroid dienone is 1. The van der Waals surface area contributed by atoms with Gasteiger partial charge in [-0.1, -0.05) is 97.1 Å². The summed E-state index contributed by atoms with van der Waals surface area (Å²) in [6.07, 6.45) is 1.74. The van der Waals surface area contributed by atoms with Crippen LogP contribution in [0.4, 0.5) is 11.5 Å². The van der Waals surface area contributed by atoms with Crippen LogP contribution in [-0.2, 0) is 0 Å². The summed E-state index contributed by atoms with van der Waals surface area (Å²) in [5.74, 6) is -0.383. The van der Waals surface area contributed by atoms with Crippen LogP contribution in [-0.4, -0.2) is 22.6 Å². The SMILES string of the molecule is [C-]#[N+]c1c(NC(=O)c2ccccc2C)[nH]c(C=C2N=C(NC(=O)c3ccccc3C)C(C#N)=C2c2ccccc2)c1-c1ccccc1. The van der Waals surface area contributed by atoms with E-state index in [1.807, 2.05) is 98.8 Å². The lowest BCUT2D eigenvalue weighted by molar-refractivity contribution is 0.0975. The lowest BCUT2D eigenvalue weighted by atomic mass is 9.97. The zero-order valence-electron chi connectivity index (χ0n) is 25.6. The third kappa shape index (κ3) is 6.00. The highest BCUT2D eigenvalue weighted by Crippen LogP contribution is 2.43. The molecule has 1 aliphatic heterocycles. The molecule has 2 amide bonds. The number of rotatable bonds is 6. The molecule has 0 unspecified atom stereocenters. The molecule has 0 fully saturated rings. The smallest absolute Gasteiger partial charge is 0.257 e. The Bertz CT molecular complexity index is 2210. The largest absolute Gasteiger partial charge is 0.351 e. The minimum absolute atomic E-state index is 0.122. The van der Waals surface area contributed by atoms with Crippen LogP contribution in [0.5, 0.6) is 0 Å². The Morgan fingerprint density at radius 2 is 1.32 bits per heavy atom. The Morgan fingerprint density at radius 3 is 1.87 bits per heavy atom. The number of hydrogen-bond donors (Lipinski definition) is 3. The van der Waals surface area contributed by atoms with Gasteiger partial charge in [-0.3, -0.25) is 9.59 Å². The number of carbonyl (C=O) groups is 2. The van der Waals surface area contributed by atoms with Crippen molar-refractivity contribution >= 4 is 40.8 Å². The van der Waals surface area contributed by atoms with E-state index in [1.54, 1.807) is 30.3 Å². The first-order chi connectivity index (χ1) is 22.9. The van der Waals surface area contributed by atoms with Gasteiger partial charge in [0.05, 0.1) is 12.3 Å². The predicted molar refractivity (Wildman–Crippen MR) is 185 cm³/mol. The average molecular weight is 613 g/mol. The molecule has 2 heterocycles. The Labute approximate surface area is 272 Å². The molecule has 8 heteroatoms. The second-order valence-corrected chi connectivity index (χ2v) is 10.9. The van der Waals surface area contributed by atoms with Crippen molar-refractivity contribution in [2.45, 2.75) is 13.8 Å². The van der Waals surface area contributed by atoms with Gasteiger partial charge in [0.2, 0.25) is 5.69 Å². The van der Waals surface area contributed by atoms with E-state index in [-0.39, 0.29) is 34.7 Å². The van der Waals surface area contributed by atoms with Crippen LogP contribution in [0.1, 0.15) is 43.1 Å². The summed E-state index contributed by atoms with van der Waals surface area (Å²) in [5, 5.41) is 16.1. The van der Waals surface area contributed by atoms with Gasteiger partial charge in [-0.05, 0) is 54.3 Å². The zero-order chi connectivity index (χ0) is 32.9. The molecule has 6 rings (SSSR count). The van der Waals surface area contributed by atoms with E-state index in [0.717, 1.165) is 22.3 Å². The van der Waals surface area contributed by atoms with Crippen LogP contribution < -0.4 is 10.6 Å². The fourth-order valence-electron chi connectivity index (χ4n) is 5.54. The minimum Gasteiger partial charge on any atom is -0.351 e. The third-order valence-corrected chi connectivity index (χ3v) is 7.86. The monoisotopic (exact) mass is 612 g/mol. The molecule has 226 valence electrons. The van der Waals surface area contributed by atoms with E-state index in [4.69, 9.17) is 11.6 Å². The maximum atomic E-state index is 13.4. The number of nitrogens with one attached hydrogen (secondary N) is 3. The summed E-state index contributed by atoms with van der Waals surface area (Å²) in [6, 6.07) is 35.4. The first-order valence-corrected chi connectivity index (χ1v) is 14.8. The lowest BCUT2D eigenvalue weighted by Gasteiger charge is -2.08. The number of amidine groups is 1. The number of nitriles is 1. The quantitative estimate of drug-likeness (QED) is 0.168. The van der Waals surface area contributed by atoms with Crippen molar-refractivity contribution in [2.24, 2.45) is 4.99 Å². The highest BCUT2D eigenvalue weighted by atomic mass is 16.2. The Balaban J connectivity index is 1.51. The van der Waals surface area contributed by atoms with Gasteiger partial charge >= 0.3 is 0 Å². The van der Waals surface area contributed by atoms with Crippen molar-refractivity contribution in [2.75, 3.05) is 5.32 Å². The number of aryl methyl sites for hydroxylation is 2. The van der Waals surface area contributed by atoms with Crippen LogP contribution in [0.2, 0.25) is 0 Å². The van der Waals surface area contributed by atoms with Gasteiger partial charge in [-0.15, -0.1) is 0 Å². The zero-order valence-corrected chi connectivity index (χ0v) is 25.6. The Hall–Kier alpha value is -6.77. The number of nitrogens with zero attached hydrogens (tertiary/aromatic N) is 3. The number of H-pyrrole nitrogens is 1. The second kappa shape index (κ2) is 13.1. The van der Waals surface area contributed by atoms with Gasteiger partial charge in [0.1, 0.15) is 17.5 Å². The summed E-state index contributed by atoms with van der Waals surface area (Å²) in [5.41, 5.74) is 6.44. The molecule has 0 saturated heterocycles. The fourth-order valence-corrected chi connectivity index (χ4v) is 5.54. The fraction of sp³-hybridized carbons (Fsp3) is 0.0513. The number of carbonyl (C=O) groups excluding carboxylic acids is 2. The topological polar surface area (TPSA) is 114 Å². The van der Waals surface area contributed by atoms with E-state index in [9.17, 15) is 14.9 Å². The van der Waals surface area contributed by atoms with Gasteiger partial charge in [0.25, 0.3) is 11.8 Å². The van der Waals surface area contributed by atoms with Crippen LogP contribution >= 0.6 is 0 Å². The number of aliphatic imine (C=N–C) groups is 1. The predicted octanol–water partition coefficient (Wildman–Crippen LogP) is 8.26. The number of aromatic nitrogens is 1. The van der Waals surface area contributed by atoms with Crippen molar-refractivity contribution in [3.8, 4) is 17.2 Å². The van der Waals surface area contributed by atoms with Crippen LogP contribution in [0.15, 0.2) is 125 Å². The molecule has 5 aromatic rings. The van der Waals surface area contributed by atoms with Crippen molar-refractivity contribution in [1.82, 2.24) is 10.3 Å². The van der Waals surface area contributed by atoms with Gasteiger partial charge in [0.15, 0.2) is 5.84 Å². The molecule has 47 heavy (non-hydrogen) atoms. The van der Waals surface area contributed by atoms with Gasteiger partial charge in [-0.2, -0.15) is 5.26 Å². The molecule has 4 aromatic carbocycles. The van der Waals surface area contributed by atoms with Crippen LogP contribution in [0.25, 0.3) is 27.6 Å². The minimum atomic E-state index is -0.385. The summed E-state index contributed by atoms with van der Waals surface area (Å²) in [4.78, 5) is 38.6. The summed E-state index contributed by atoms with van der Waals surface area (Å²) in [7, 11) is 0. The molecule has 8 nitrogen and oxygen atoms in total. The highest BCUT2D eigenvalue weighted by Gasteiger charge is 2.29. The molecule has 0 radical (unpaired) electrons. The van der Waals surface area contributed by atoms with Crippen LogP contribution in [0.3, 0.4) is 0 Å². The molecule has 0 aliphatic carbocycles. The molecule has 0 bridgehead atoms. The first kappa shape index (κ1) is 30.3. The third-order valence-electron chi connectivity index (χ3n) is 7.86. The number of hydrogen-bond acceptors (Lipinski definition) is 4. The van der Waals surface area contributed by atoms with Crippen molar-refractivity contribution < 1.29 is 9.59 Å². The maximum Gasteiger partial charge on any atom is 0.257 e. The molecule has 0 saturated carbocycles. The number of benzene rings is 4. The number of amides is 2. The van der Waals surface area contributed by atoms with Crippen molar-refractivity contribution in [1.29, 1.82) is 5.26 Å². The molecule has 3 N–H and O–H groups in total. The Morgan fingerprint density at radius 1 is 0.787 bits per heavy atom. The maximum absolute atomic E-state index is 13.4. The summed E-state index contributed by atoms with van der Waals surface area (Å²) < 4.78 is 0. The van der Waals surface area contributed by atoms with E-state index >= 15 is 0 Å². The van der Waals surface area contributed by atoms with E-state index < -0.39 is 0 Å². The second-order valence-electron chi connectivity index (χ2n) is 10.9. The molecular weight excluding hydrogens is 584 g/mol. The number of aromatic amines is 1. The van der Waals surface area contributed by atoms with Gasteiger partial charge in [0, 0.05) is 28.0 Å². The molecule has 1 aromatic heterocycles. The van der Waals surface area contributed by atoms with E-state index in [1.165, 1.54) is 0 Å². The van der Waals surface area contributed by atoms with Crippen molar-refractivity contribution in [3.05, 3.63) is 165 Å². The highest BCUT2D eigenvalue weighted by molar-refractivity contribution is 6.22. The summed E-state index contributed by atoms with van der Waals surface area (Å²) in [6.45, 7) is 11.8. The molecule has 1 aliphatic rings. The van der Waals surface area contributed by atoms with E-state index in [0.29, 0.717) is 33.7 Å². The lowest BCUT2D eigenvalue weighted by Crippen LogP contribution is -2.31.